The molecule has 0 saturated carbocycles. The van der Waals surface area contributed by atoms with Gasteiger partial charge < -0.3 is 15.2 Å². The third kappa shape index (κ3) is 3.99. The van der Waals surface area contributed by atoms with Crippen molar-refractivity contribution in [2.45, 2.75) is 40.0 Å². The minimum atomic E-state index is -1.43. The van der Waals surface area contributed by atoms with Crippen LogP contribution in [0, 0.1) is 22.7 Å². The number of carboxylic acids is 1. The summed E-state index contributed by atoms with van der Waals surface area (Å²) in [5.74, 6) is -1.46. The molecule has 1 heterocycles. The first-order valence-corrected chi connectivity index (χ1v) is 8.28. The maximum Gasteiger partial charge on any atom is 0.249 e. The van der Waals surface area contributed by atoms with Gasteiger partial charge in [-0.3, -0.25) is 4.79 Å². The van der Waals surface area contributed by atoms with Crippen molar-refractivity contribution < 1.29 is 14.7 Å². The van der Waals surface area contributed by atoms with Crippen molar-refractivity contribution in [1.82, 2.24) is 0 Å². The summed E-state index contributed by atoms with van der Waals surface area (Å²) in [4.78, 5) is 23.2. The predicted molar refractivity (Wildman–Crippen MR) is 86.8 cm³/mol. The first-order valence-electron chi connectivity index (χ1n) is 7.47. The first kappa shape index (κ1) is 17.2. The summed E-state index contributed by atoms with van der Waals surface area (Å²) in [5.41, 5.74) is 1.74. The van der Waals surface area contributed by atoms with Crippen molar-refractivity contribution in [1.29, 1.82) is 5.26 Å². The van der Waals surface area contributed by atoms with Crippen LogP contribution >= 0.6 is 11.3 Å². The van der Waals surface area contributed by atoms with Crippen LogP contribution in [0.3, 0.4) is 0 Å². The maximum atomic E-state index is 11.7. The lowest BCUT2D eigenvalue weighted by molar-refractivity contribution is -0.297. The topological polar surface area (TPSA) is 93.0 Å². The zero-order valence-corrected chi connectivity index (χ0v) is 14.3. The zero-order chi connectivity index (χ0) is 17.2. The Labute approximate surface area is 139 Å². The number of hydrogen-bond acceptors (Lipinski definition) is 5. The number of nitrogens with zero attached hydrogens (tertiary/aromatic N) is 1. The van der Waals surface area contributed by atoms with Crippen LogP contribution in [0.4, 0.5) is 5.00 Å². The van der Waals surface area contributed by atoms with E-state index >= 15 is 0 Å². The van der Waals surface area contributed by atoms with Crippen LogP contribution in [-0.2, 0) is 22.4 Å². The van der Waals surface area contributed by atoms with Crippen molar-refractivity contribution >= 4 is 28.2 Å². The number of fused-ring (bicyclic) bond motifs is 1. The number of anilines is 1. The van der Waals surface area contributed by atoms with Crippen molar-refractivity contribution in [2.75, 3.05) is 5.32 Å². The van der Waals surface area contributed by atoms with Crippen LogP contribution in [-0.4, -0.2) is 11.9 Å². The Morgan fingerprint density at radius 1 is 1.39 bits per heavy atom. The molecule has 0 spiro atoms. The molecule has 2 rings (SSSR count). The molecule has 0 aromatic carbocycles. The molecular formula is C17H19N2O3S-. The van der Waals surface area contributed by atoms with Gasteiger partial charge in [0.15, 0.2) is 0 Å². The van der Waals surface area contributed by atoms with Crippen LogP contribution in [0.5, 0.6) is 0 Å². The van der Waals surface area contributed by atoms with E-state index in [0.29, 0.717) is 22.6 Å². The second-order valence-electron chi connectivity index (χ2n) is 6.77. The monoisotopic (exact) mass is 331 g/mol. The molecular weight excluding hydrogens is 312 g/mol. The molecule has 1 aromatic heterocycles. The molecule has 0 radical (unpaired) electrons. The number of nitrogens with one attached hydrogen (secondary N) is 1. The van der Waals surface area contributed by atoms with Gasteiger partial charge >= 0.3 is 0 Å². The SMILES string of the molecule is CC(C)(C)[C@H]1CCc2c(sc(NC(=O)/C=C/C(=O)[O-])c2C#N)C1. The van der Waals surface area contributed by atoms with Gasteiger partial charge in [-0.1, -0.05) is 20.8 Å². The lowest BCUT2D eigenvalue weighted by Crippen LogP contribution is -2.26. The minimum Gasteiger partial charge on any atom is -0.545 e. The Morgan fingerprint density at radius 3 is 2.65 bits per heavy atom. The molecule has 122 valence electrons. The molecule has 1 N–H and O–H groups in total. The summed E-state index contributed by atoms with van der Waals surface area (Å²) in [7, 11) is 0. The number of nitriles is 1. The standard InChI is InChI=1S/C17H20N2O3S/c1-17(2,3)10-4-5-11-12(9-18)16(23-13(11)8-10)19-14(20)6-7-15(21)22/h6-7,10H,4-5,8H2,1-3H3,(H,19,20)(H,21,22)/p-1/b7-6+/t10-/m0/s1. The van der Waals surface area contributed by atoms with Gasteiger partial charge in [-0.05, 0) is 42.2 Å². The lowest BCUT2D eigenvalue weighted by Gasteiger charge is -2.33. The maximum absolute atomic E-state index is 11.7. The quantitative estimate of drug-likeness (QED) is 0.858. The summed E-state index contributed by atoms with van der Waals surface area (Å²) in [6.07, 6.45) is 4.34. The van der Waals surface area contributed by atoms with Gasteiger partial charge in [0.05, 0.1) is 11.5 Å². The van der Waals surface area contributed by atoms with Gasteiger partial charge in [-0.25, -0.2) is 0 Å². The molecule has 0 saturated heterocycles. The second kappa shape index (κ2) is 6.55. The van der Waals surface area contributed by atoms with E-state index in [9.17, 15) is 20.0 Å². The Bertz CT molecular complexity index is 705. The van der Waals surface area contributed by atoms with Crippen molar-refractivity contribution in [2.24, 2.45) is 11.3 Å². The summed E-state index contributed by atoms with van der Waals surface area (Å²) in [5, 5.41) is 22.9. The second-order valence-corrected chi connectivity index (χ2v) is 7.87. The molecule has 6 heteroatoms. The molecule has 0 aliphatic heterocycles. The molecule has 23 heavy (non-hydrogen) atoms. The molecule has 1 aliphatic carbocycles. The Hall–Kier alpha value is -2.13. The zero-order valence-electron chi connectivity index (χ0n) is 13.4. The normalized spacial score (nSPS) is 17.6. The summed E-state index contributed by atoms with van der Waals surface area (Å²) >= 11 is 1.42. The number of thiophene rings is 1. The van der Waals surface area contributed by atoms with E-state index in [0.717, 1.165) is 35.8 Å². The third-order valence-electron chi connectivity index (χ3n) is 4.21. The van der Waals surface area contributed by atoms with Gasteiger partial charge in [-0.15, -0.1) is 11.3 Å². The fraction of sp³-hybridized carbons (Fsp3) is 0.471. The van der Waals surface area contributed by atoms with Gasteiger partial charge in [0, 0.05) is 11.0 Å². The van der Waals surface area contributed by atoms with Crippen LogP contribution in [0.15, 0.2) is 12.2 Å². The summed E-state index contributed by atoms with van der Waals surface area (Å²) in [6, 6.07) is 2.17. The predicted octanol–water partition coefficient (Wildman–Crippen LogP) is 2.02. The average Bonchev–Trinajstić information content (AvgIpc) is 2.80. The van der Waals surface area contributed by atoms with Crippen LogP contribution in [0.25, 0.3) is 0 Å². The number of carbonyl (C=O) groups is 2. The molecule has 5 nitrogen and oxygen atoms in total. The van der Waals surface area contributed by atoms with E-state index in [1.165, 1.54) is 11.3 Å². The van der Waals surface area contributed by atoms with E-state index in [-0.39, 0.29) is 5.41 Å². The van der Waals surface area contributed by atoms with Gasteiger partial charge in [0.2, 0.25) is 5.91 Å². The highest BCUT2D eigenvalue weighted by atomic mass is 32.1. The lowest BCUT2D eigenvalue weighted by atomic mass is 9.72. The molecule has 0 unspecified atom stereocenters. The smallest absolute Gasteiger partial charge is 0.249 e. The largest absolute Gasteiger partial charge is 0.545 e. The number of carbonyl (C=O) groups excluding carboxylic acids is 2. The van der Waals surface area contributed by atoms with Gasteiger partial charge in [-0.2, -0.15) is 5.26 Å². The number of amides is 1. The highest BCUT2D eigenvalue weighted by Gasteiger charge is 2.32. The van der Waals surface area contributed by atoms with E-state index in [4.69, 9.17) is 0 Å². The van der Waals surface area contributed by atoms with E-state index in [1.807, 2.05) is 0 Å². The Morgan fingerprint density at radius 2 is 2.09 bits per heavy atom. The van der Waals surface area contributed by atoms with Crippen molar-refractivity contribution in [3.8, 4) is 6.07 Å². The third-order valence-corrected chi connectivity index (χ3v) is 5.38. The number of aliphatic carboxylic acids is 1. The fourth-order valence-electron chi connectivity index (χ4n) is 2.83. The van der Waals surface area contributed by atoms with Crippen LogP contribution < -0.4 is 10.4 Å². The minimum absolute atomic E-state index is 0.203. The summed E-state index contributed by atoms with van der Waals surface area (Å²) in [6.45, 7) is 6.65. The fourth-order valence-corrected chi connectivity index (χ4v) is 4.11. The van der Waals surface area contributed by atoms with Gasteiger partial charge in [0.25, 0.3) is 0 Å². The highest BCUT2D eigenvalue weighted by molar-refractivity contribution is 7.16. The number of rotatable bonds is 3. The van der Waals surface area contributed by atoms with Gasteiger partial charge in [0.1, 0.15) is 11.1 Å². The molecule has 1 atom stereocenters. The van der Waals surface area contributed by atoms with Crippen LogP contribution in [0.2, 0.25) is 0 Å². The molecule has 0 bridgehead atoms. The van der Waals surface area contributed by atoms with E-state index < -0.39 is 11.9 Å². The Kier molecular flexibility index (Phi) is 4.90. The molecule has 1 aliphatic rings. The van der Waals surface area contributed by atoms with E-state index in [1.54, 1.807) is 0 Å². The highest BCUT2D eigenvalue weighted by Crippen LogP contribution is 2.43. The van der Waals surface area contributed by atoms with Crippen LogP contribution in [0.1, 0.15) is 43.2 Å². The number of carboxylic acid groups (broad SMARTS) is 1. The van der Waals surface area contributed by atoms with Crippen molar-refractivity contribution in [3.63, 3.8) is 0 Å². The van der Waals surface area contributed by atoms with Crippen molar-refractivity contribution in [3.05, 3.63) is 28.2 Å². The average molecular weight is 331 g/mol. The van der Waals surface area contributed by atoms with E-state index in [2.05, 4.69) is 32.2 Å². The summed E-state index contributed by atoms with van der Waals surface area (Å²) < 4.78 is 0. The Balaban J connectivity index is 2.24. The molecule has 0 fully saturated rings. The number of hydrogen-bond donors (Lipinski definition) is 1. The molecule has 1 aromatic rings. The first-order chi connectivity index (χ1) is 10.7. The molecule has 1 amide bonds.